The van der Waals surface area contributed by atoms with Gasteiger partial charge in [0.15, 0.2) is 0 Å². The Balaban J connectivity index is 2.98. The molecule has 0 saturated heterocycles. The first-order valence-electron chi connectivity index (χ1n) is 4.84. The van der Waals surface area contributed by atoms with Gasteiger partial charge in [-0.3, -0.25) is 0 Å². The van der Waals surface area contributed by atoms with Crippen LogP contribution in [0.4, 0.5) is 0 Å². The monoisotopic (exact) mass is 300 g/mol. The fourth-order valence-corrected chi connectivity index (χ4v) is 1.63. The molecular weight excluding hydrogens is 283 g/mol. The van der Waals surface area contributed by atoms with Crippen molar-refractivity contribution in [2.45, 2.75) is 27.7 Å². The Morgan fingerprint density at radius 2 is 1.93 bits per heavy atom. The van der Waals surface area contributed by atoms with E-state index in [1.807, 2.05) is 0 Å². The minimum absolute atomic E-state index is 0.265. The van der Waals surface area contributed by atoms with Crippen LogP contribution in [0.1, 0.15) is 33.3 Å². The summed E-state index contributed by atoms with van der Waals surface area (Å²) in [4.78, 5) is 0. The van der Waals surface area contributed by atoms with Gasteiger partial charge in [-0.15, -0.1) is 0 Å². The molecule has 0 atom stereocenters. The summed E-state index contributed by atoms with van der Waals surface area (Å²) in [5.41, 5.74) is 2.98. The standard InChI is InChI=1S/C13H17I/c1-10(13(2,3)4)8-11-6-5-7-12(14)9-11/h5-9H,1-4H3/b10-8+. The fraction of sp³-hybridized carbons (Fsp3) is 0.385. The van der Waals surface area contributed by atoms with E-state index in [2.05, 4.69) is 80.6 Å². The van der Waals surface area contributed by atoms with E-state index in [0.29, 0.717) is 0 Å². The van der Waals surface area contributed by atoms with Crippen LogP contribution in [-0.2, 0) is 0 Å². The van der Waals surface area contributed by atoms with E-state index < -0.39 is 0 Å². The third-order valence-electron chi connectivity index (χ3n) is 2.41. The average Bonchev–Trinajstić information content (AvgIpc) is 2.02. The van der Waals surface area contributed by atoms with Crippen molar-refractivity contribution in [3.8, 4) is 0 Å². The van der Waals surface area contributed by atoms with E-state index in [0.717, 1.165) is 0 Å². The Kier molecular flexibility index (Phi) is 3.76. The lowest BCUT2D eigenvalue weighted by Crippen LogP contribution is -2.05. The van der Waals surface area contributed by atoms with E-state index in [9.17, 15) is 0 Å². The topological polar surface area (TPSA) is 0 Å². The van der Waals surface area contributed by atoms with E-state index in [1.54, 1.807) is 0 Å². The number of hydrogen-bond acceptors (Lipinski definition) is 0. The number of halogens is 1. The Bertz CT molecular complexity index is 342. The molecule has 0 radical (unpaired) electrons. The maximum absolute atomic E-state index is 2.34. The smallest absolute Gasteiger partial charge is 0.0136 e. The molecule has 0 spiro atoms. The van der Waals surface area contributed by atoms with E-state index in [4.69, 9.17) is 0 Å². The maximum Gasteiger partial charge on any atom is 0.0136 e. The molecule has 0 N–H and O–H groups in total. The highest BCUT2D eigenvalue weighted by Gasteiger charge is 2.11. The van der Waals surface area contributed by atoms with Crippen LogP contribution >= 0.6 is 22.6 Å². The highest BCUT2D eigenvalue weighted by Crippen LogP contribution is 2.26. The lowest BCUT2D eigenvalue weighted by atomic mass is 9.86. The molecule has 0 aliphatic heterocycles. The predicted molar refractivity (Wildman–Crippen MR) is 72.3 cm³/mol. The molecule has 0 aliphatic carbocycles. The predicted octanol–water partition coefficient (Wildman–Crippen LogP) is 4.74. The fourth-order valence-electron chi connectivity index (χ4n) is 1.06. The van der Waals surface area contributed by atoms with Crippen molar-refractivity contribution in [3.05, 3.63) is 39.0 Å². The molecule has 0 heterocycles. The number of allylic oxidation sites excluding steroid dienone is 1. The zero-order chi connectivity index (χ0) is 10.8. The second-order valence-electron chi connectivity index (χ2n) is 4.63. The van der Waals surface area contributed by atoms with Crippen LogP contribution in [0.25, 0.3) is 6.08 Å². The quantitative estimate of drug-likeness (QED) is 0.657. The van der Waals surface area contributed by atoms with Crippen molar-refractivity contribution in [2.75, 3.05) is 0 Å². The number of benzene rings is 1. The summed E-state index contributed by atoms with van der Waals surface area (Å²) < 4.78 is 1.29. The van der Waals surface area contributed by atoms with Crippen molar-refractivity contribution < 1.29 is 0 Å². The summed E-state index contributed by atoms with van der Waals surface area (Å²) in [5, 5.41) is 0. The van der Waals surface area contributed by atoms with Crippen LogP contribution < -0.4 is 0 Å². The largest absolute Gasteiger partial charge is 0.0674 e. The summed E-state index contributed by atoms with van der Waals surface area (Å²) in [6, 6.07) is 8.57. The van der Waals surface area contributed by atoms with Crippen molar-refractivity contribution in [1.82, 2.24) is 0 Å². The zero-order valence-electron chi connectivity index (χ0n) is 9.26. The Morgan fingerprint density at radius 3 is 2.43 bits per heavy atom. The Labute approximate surface area is 101 Å². The summed E-state index contributed by atoms with van der Waals surface area (Å²) in [5.74, 6) is 0. The molecule has 0 aromatic heterocycles. The van der Waals surface area contributed by atoms with Gasteiger partial charge in [0.1, 0.15) is 0 Å². The van der Waals surface area contributed by atoms with Crippen LogP contribution in [-0.4, -0.2) is 0 Å². The summed E-state index contributed by atoms with van der Waals surface area (Å²) >= 11 is 2.34. The first kappa shape index (κ1) is 11.8. The second kappa shape index (κ2) is 4.47. The van der Waals surface area contributed by atoms with Crippen LogP contribution in [0.2, 0.25) is 0 Å². The SMILES string of the molecule is C/C(=C\c1cccc(I)c1)C(C)(C)C. The Morgan fingerprint density at radius 1 is 1.29 bits per heavy atom. The van der Waals surface area contributed by atoms with Crippen LogP contribution in [0.15, 0.2) is 29.8 Å². The second-order valence-corrected chi connectivity index (χ2v) is 5.88. The molecule has 0 unspecified atom stereocenters. The van der Waals surface area contributed by atoms with Gasteiger partial charge < -0.3 is 0 Å². The molecule has 0 bridgehead atoms. The minimum atomic E-state index is 0.265. The van der Waals surface area contributed by atoms with E-state index >= 15 is 0 Å². The minimum Gasteiger partial charge on any atom is -0.0674 e. The first-order valence-corrected chi connectivity index (χ1v) is 5.92. The van der Waals surface area contributed by atoms with Gasteiger partial charge in [-0.05, 0) is 52.6 Å². The van der Waals surface area contributed by atoms with Gasteiger partial charge in [-0.2, -0.15) is 0 Å². The first-order chi connectivity index (χ1) is 6.39. The lowest BCUT2D eigenvalue weighted by Gasteiger charge is -2.19. The summed E-state index contributed by atoms with van der Waals surface area (Å²) in [7, 11) is 0. The van der Waals surface area contributed by atoms with Gasteiger partial charge in [-0.25, -0.2) is 0 Å². The molecule has 1 rings (SSSR count). The molecule has 0 amide bonds. The van der Waals surface area contributed by atoms with Crippen molar-refractivity contribution >= 4 is 28.7 Å². The highest BCUT2D eigenvalue weighted by molar-refractivity contribution is 14.1. The lowest BCUT2D eigenvalue weighted by molar-refractivity contribution is 0.508. The highest BCUT2D eigenvalue weighted by atomic mass is 127. The van der Waals surface area contributed by atoms with Crippen molar-refractivity contribution in [2.24, 2.45) is 5.41 Å². The van der Waals surface area contributed by atoms with Gasteiger partial charge in [-0.1, -0.05) is 44.6 Å². The molecule has 0 aliphatic rings. The van der Waals surface area contributed by atoms with Crippen LogP contribution in [0, 0.1) is 8.99 Å². The van der Waals surface area contributed by atoms with Gasteiger partial charge >= 0.3 is 0 Å². The summed E-state index contributed by atoms with van der Waals surface area (Å²) in [6.07, 6.45) is 2.27. The van der Waals surface area contributed by atoms with Gasteiger partial charge in [0.25, 0.3) is 0 Å². The number of rotatable bonds is 1. The molecule has 1 aromatic carbocycles. The van der Waals surface area contributed by atoms with E-state index in [1.165, 1.54) is 14.7 Å². The van der Waals surface area contributed by atoms with Crippen LogP contribution in [0.3, 0.4) is 0 Å². The van der Waals surface area contributed by atoms with Gasteiger partial charge in [0, 0.05) is 3.57 Å². The average molecular weight is 300 g/mol. The maximum atomic E-state index is 2.34. The molecule has 1 aromatic rings. The third kappa shape index (κ3) is 3.45. The molecule has 0 saturated carbocycles. The Hall–Kier alpha value is -0.310. The van der Waals surface area contributed by atoms with E-state index in [-0.39, 0.29) is 5.41 Å². The molecule has 76 valence electrons. The molecule has 14 heavy (non-hydrogen) atoms. The van der Waals surface area contributed by atoms with Crippen molar-refractivity contribution in [1.29, 1.82) is 0 Å². The van der Waals surface area contributed by atoms with Crippen molar-refractivity contribution in [3.63, 3.8) is 0 Å². The molecule has 1 heteroatoms. The number of hydrogen-bond donors (Lipinski definition) is 0. The van der Waals surface area contributed by atoms with Gasteiger partial charge in [0.05, 0.1) is 0 Å². The zero-order valence-corrected chi connectivity index (χ0v) is 11.4. The molecule has 0 nitrogen and oxygen atoms in total. The molecule has 0 fully saturated rings. The summed E-state index contributed by atoms with van der Waals surface area (Å²) in [6.45, 7) is 8.92. The third-order valence-corrected chi connectivity index (χ3v) is 3.09. The normalized spacial score (nSPS) is 13.1. The molecular formula is C13H17I. The van der Waals surface area contributed by atoms with Crippen LogP contribution in [0.5, 0.6) is 0 Å². The van der Waals surface area contributed by atoms with Gasteiger partial charge in [0.2, 0.25) is 0 Å².